The van der Waals surface area contributed by atoms with Crippen LogP contribution in [0.5, 0.6) is 5.75 Å². The number of carboxylic acid groups (broad SMARTS) is 1. The van der Waals surface area contributed by atoms with Gasteiger partial charge in [0.1, 0.15) is 11.3 Å². The lowest BCUT2D eigenvalue weighted by atomic mass is 10.0. The Balaban J connectivity index is 3.45. The molecule has 0 saturated heterocycles. The molecule has 4 nitrogen and oxygen atoms in total. The molecule has 1 rings (SSSR count). The molecule has 17 heavy (non-hydrogen) atoms. The van der Waals surface area contributed by atoms with Crippen molar-refractivity contribution in [3.8, 4) is 5.75 Å². The first-order valence-corrected chi connectivity index (χ1v) is 4.44. The van der Waals surface area contributed by atoms with E-state index < -0.39 is 35.1 Å². The zero-order valence-electron chi connectivity index (χ0n) is 8.65. The van der Waals surface area contributed by atoms with E-state index in [9.17, 15) is 23.1 Å². The zero-order valence-corrected chi connectivity index (χ0v) is 8.65. The van der Waals surface area contributed by atoms with E-state index >= 15 is 0 Å². The Morgan fingerprint density at radius 2 is 2.00 bits per heavy atom. The number of alkyl halides is 3. The minimum absolute atomic E-state index is 0.532. The first kappa shape index (κ1) is 13.3. The quantitative estimate of drug-likeness (QED) is 0.858. The summed E-state index contributed by atoms with van der Waals surface area (Å²) in [5.41, 5.74) is -2.03. The van der Waals surface area contributed by atoms with Crippen LogP contribution in [-0.2, 0) is 11.0 Å². The lowest BCUT2D eigenvalue weighted by Gasteiger charge is -2.17. The van der Waals surface area contributed by atoms with Crippen LogP contribution in [0.1, 0.15) is 17.2 Å². The van der Waals surface area contributed by atoms with Crippen molar-refractivity contribution in [2.45, 2.75) is 12.3 Å². The highest BCUT2D eigenvalue weighted by atomic mass is 19.4. The van der Waals surface area contributed by atoms with Crippen molar-refractivity contribution in [1.29, 1.82) is 0 Å². The first-order valence-electron chi connectivity index (χ1n) is 4.44. The predicted molar refractivity (Wildman–Crippen MR) is 50.6 cm³/mol. The highest BCUT2D eigenvalue weighted by molar-refractivity contribution is 5.75. The third-order valence-electron chi connectivity index (χ3n) is 2.09. The summed E-state index contributed by atoms with van der Waals surface area (Å²) >= 11 is 0. The number of hydrogen-bond donors (Lipinski definition) is 2. The maximum absolute atomic E-state index is 12.7. The van der Waals surface area contributed by atoms with E-state index in [0.29, 0.717) is 0 Å². The van der Waals surface area contributed by atoms with Gasteiger partial charge in [0.05, 0.1) is 7.11 Å². The number of methoxy groups -OCH3 is 1. The summed E-state index contributed by atoms with van der Waals surface area (Å²) in [6.45, 7) is 0. The Hall–Kier alpha value is -1.76. The molecule has 0 aromatic heterocycles. The van der Waals surface area contributed by atoms with Gasteiger partial charge in [0.15, 0.2) is 6.10 Å². The molecular weight excluding hydrogens is 241 g/mol. The van der Waals surface area contributed by atoms with Crippen LogP contribution < -0.4 is 4.74 Å². The molecule has 0 spiro atoms. The van der Waals surface area contributed by atoms with Crippen molar-refractivity contribution in [1.82, 2.24) is 0 Å². The molecule has 0 radical (unpaired) electrons. The maximum atomic E-state index is 12.7. The van der Waals surface area contributed by atoms with Gasteiger partial charge in [0, 0.05) is 5.56 Å². The summed E-state index contributed by atoms with van der Waals surface area (Å²) in [5, 5.41) is 17.7. The number of benzene rings is 1. The smallest absolute Gasteiger partial charge is 0.420 e. The van der Waals surface area contributed by atoms with Crippen LogP contribution in [0.3, 0.4) is 0 Å². The monoisotopic (exact) mass is 250 g/mol. The molecule has 0 bridgehead atoms. The minimum Gasteiger partial charge on any atom is -0.496 e. The molecule has 0 amide bonds. The first-order chi connectivity index (χ1) is 7.79. The van der Waals surface area contributed by atoms with Gasteiger partial charge in [-0.05, 0) is 6.07 Å². The maximum Gasteiger partial charge on any atom is 0.420 e. The number of ether oxygens (including phenoxy) is 1. The number of rotatable bonds is 3. The summed E-state index contributed by atoms with van der Waals surface area (Å²) in [5.74, 6) is -2.29. The number of halogens is 3. The average Bonchev–Trinajstić information content (AvgIpc) is 2.25. The van der Waals surface area contributed by atoms with Gasteiger partial charge >= 0.3 is 12.1 Å². The fourth-order valence-corrected chi connectivity index (χ4v) is 1.38. The van der Waals surface area contributed by atoms with E-state index in [1.807, 2.05) is 0 Å². The van der Waals surface area contributed by atoms with Crippen molar-refractivity contribution in [3.05, 3.63) is 29.3 Å². The Morgan fingerprint density at radius 3 is 2.41 bits per heavy atom. The summed E-state index contributed by atoms with van der Waals surface area (Å²) in [6.07, 6.45) is -7.06. The largest absolute Gasteiger partial charge is 0.496 e. The topological polar surface area (TPSA) is 66.8 Å². The van der Waals surface area contributed by atoms with E-state index in [1.165, 1.54) is 6.07 Å². The fraction of sp³-hybridized carbons (Fsp3) is 0.300. The van der Waals surface area contributed by atoms with Crippen molar-refractivity contribution in [3.63, 3.8) is 0 Å². The Kier molecular flexibility index (Phi) is 3.62. The molecule has 1 unspecified atom stereocenters. The van der Waals surface area contributed by atoms with Crippen LogP contribution in [0.2, 0.25) is 0 Å². The summed E-state index contributed by atoms with van der Waals surface area (Å²) in [4.78, 5) is 10.5. The second-order valence-electron chi connectivity index (χ2n) is 3.16. The van der Waals surface area contributed by atoms with Crippen LogP contribution in [0, 0.1) is 0 Å². The third kappa shape index (κ3) is 2.68. The van der Waals surface area contributed by atoms with E-state index in [4.69, 9.17) is 5.11 Å². The number of aliphatic hydroxyl groups is 1. The molecule has 0 heterocycles. The Morgan fingerprint density at radius 1 is 1.41 bits per heavy atom. The molecule has 0 saturated carbocycles. The number of hydrogen-bond acceptors (Lipinski definition) is 3. The predicted octanol–water partition coefficient (Wildman–Crippen LogP) is 1.83. The van der Waals surface area contributed by atoms with Crippen molar-refractivity contribution in [2.24, 2.45) is 0 Å². The highest BCUT2D eigenvalue weighted by Crippen LogP contribution is 2.40. The summed E-state index contributed by atoms with van der Waals surface area (Å²) in [6, 6.07) is 3.11. The zero-order chi connectivity index (χ0) is 13.2. The molecular formula is C10H9F3O4. The SMILES string of the molecule is COc1cccc(C(O)C(=O)O)c1C(F)(F)F. The van der Waals surface area contributed by atoms with Gasteiger partial charge in [-0.15, -0.1) is 0 Å². The molecule has 1 aromatic carbocycles. The van der Waals surface area contributed by atoms with Crippen LogP contribution in [0.4, 0.5) is 13.2 Å². The summed E-state index contributed by atoms with van der Waals surface area (Å²) in [7, 11) is 1.03. The molecule has 0 aliphatic rings. The standard InChI is InChI=1S/C10H9F3O4/c1-17-6-4-2-3-5(8(14)9(15)16)7(6)10(11,12)13/h2-4,8,14H,1H3,(H,15,16). The molecule has 2 N–H and O–H groups in total. The van der Waals surface area contributed by atoms with Gasteiger partial charge in [-0.25, -0.2) is 4.79 Å². The van der Waals surface area contributed by atoms with Crippen molar-refractivity contribution < 1.29 is 32.9 Å². The van der Waals surface area contributed by atoms with Crippen LogP contribution >= 0.6 is 0 Å². The molecule has 7 heteroatoms. The highest BCUT2D eigenvalue weighted by Gasteiger charge is 2.39. The van der Waals surface area contributed by atoms with Gasteiger partial charge in [-0.2, -0.15) is 13.2 Å². The lowest BCUT2D eigenvalue weighted by Crippen LogP contribution is -2.18. The van der Waals surface area contributed by atoms with Gasteiger partial charge in [-0.3, -0.25) is 0 Å². The van der Waals surface area contributed by atoms with Gasteiger partial charge < -0.3 is 14.9 Å². The molecule has 0 fully saturated rings. The number of carbonyl (C=O) groups is 1. The van der Waals surface area contributed by atoms with Crippen molar-refractivity contribution in [2.75, 3.05) is 7.11 Å². The molecule has 0 aliphatic carbocycles. The molecule has 1 aromatic rings. The van der Waals surface area contributed by atoms with Crippen LogP contribution in [0.25, 0.3) is 0 Å². The molecule has 94 valence electrons. The Labute approximate surface area is 94.3 Å². The van der Waals surface area contributed by atoms with Gasteiger partial charge in [0.25, 0.3) is 0 Å². The second kappa shape index (κ2) is 4.62. The minimum atomic E-state index is -4.81. The van der Waals surface area contributed by atoms with Gasteiger partial charge in [0.2, 0.25) is 0 Å². The van der Waals surface area contributed by atoms with E-state index in [2.05, 4.69) is 4.74 Å². The number of carboxylic acids is 1. The number of aliphatic hydroxyl groups excluding tert-OH is 1. The molecule has 1 atom stereocenters. The van der Waals surface area contributed by atoms with E-state index in [-0.39, 0.29) is 0 Å². The molecule has 0 aliphatic heterocycles. The second-order valence-corrected chi connectivity index (χ2v) is 3.16. The normalized spacial score (nSPS) is 13.2. The lowest BCUT2D eigenvalue weighted by molar-refractivity contribution is -0.149. The van der Waals surface area contributed by atoms with Crippen LogP contribution in [-0.4, -0.2) is 23.3 Å². The Bertz CT molecular complexity index is 428. The van der Waals surface area contributed by atoms with Gasteiger partial charge in [-0.1, -0.05) is 12.1 Å². The summed E-state index contributed by atoms with van der Waals surface area (Å²) < 4.78 is 42.7. The van der Waals surface area contributed by atoms with E-state index in [1.54, 1.807) is 0 Å². The average molecular weight is 250 g/mol. The number of aliphatic carboxylic acids is 1. The van der Waals surface area contributed by atoms with Crippen LogP contribution in [0.15, 0.2) is 18.2 Å². The van der Waals surface area contributed by atoms with E-state index in [0.717, 1.165) is 19.2 Å². The van der Waals surface area contributed by atoms with Crippen molar-refractivity contribution >= 4 is 5.97 Å². The third-order valence-corrected chi connectivity index (χ3v) is 2.09. The fourth-order valence-electron chi connectivity index (χ4n) is 1.38.